The third-order valence-corrected chi connectivity index (χ3v) is 2.01. The number of hydrogen-bond donors (Lipinski definition) is 3. The molecule has 1 aromatic heterocycles. The van der Waals surface area contributed by atoms with Crippen molar-refractivity contribution in [1.82, 2.24) is 20.3 Å². The molecule has 8 nitrogen and oxygen atoms in total. The lowest BCUT2D eigenvalue weighted by molar-refractivity contribution is 0.0645. The van der Waals surface area contributed by atoms with Crippen LogP contribution in [0.5, 0.6) is 0 Å². The van der Waals surface area contributed by atoms with Crippen LogP contribution < -0.4 is 5.32 Å². The van der Waals surface area contributed by atoms with Crippen molar-refractivity contribution in [3.63, 3.8) is 0 Å². The van der Waals surface area contributed by atoms with Crippen molar-refractivity contribution >= 4 is 5.97 Å². The van der Waals surface area contributed by atoms with Crippen LogP contribution in [0.2, 0.25) is 0 Å². The number of nitrogens with one attached hydrogen (secondary N) is 1. The van der Waals surface area contributed by atoms with Crippen LogP contribution in [0.4, 0.5) is 0 Å². The zero-order valence-corrected chi connectivity index (χ0v) is 9.54. The molecule has 1 rings (SSSR count). The van der Waals surface area contributed by atoms with Crippen molar-refractivity contribution in [1.29, 1.82) is 0 Å². The van der Waals surface area contributed by atoms with Crippen molar-refractivity contribution in [2.45, 2.75) is 12.6 Å². The third-order valence-electron chi connectivity index (χ3n) is 2.01. The summed E-state index contributed by atoms with van der Waals surface area (Å²) in [5.74, 6) is -1.10. The monoisotopic (exact) mass is 244 g/mol. The third kappa shape index (κ3) is 4.89. The number of methoxy groups -OCH3 is 1. The van der Waals surface area contributed by atoms with Crippen LogP contribution in [0.3, 0.4) is 0 Å². The Labute approximate surface area is 98.2 Å². The second-order valence-electron chi connectivity index (χ2n) is 3.49. The first-order valence-corrected chi connectivity index (χ1v) is 5.14. The standard InChI is InChI=1S/C9H16N4O4/c1-17-6-7(14)4-10-2-3-13-5-8(9(15)16)11-12-13/h5,7,10,14H,2-4,6H2,1H3,(H,15,16). The number of aliphatic hydroxyl groups is 1. The van der Waals surface area contributed by atoms with Gasteiger partial charge in [0.15, 0.2) is 5.69 Å². The molecule has 0 amide bonds. The molecule has 0 bridgehead atoms. The molecule has 3 N–H and O–H groups in total. The van der Waals surface area contributed by atoms with Gasteiger partial charge < -0.3 is 20.3 Å². The van der Waals surface area contributed by atoms with E-state index in [-0.39, 0.29) is 12.3 Å². The summed E-state index contributed by atoms with van der Waals surface area (Å²) in [7, 11) is 1.52. The van der Waals surface area contributed by atoms with Gasteiger partial charge in [-0.15, -0.1) is 5.10 Å². The van der Waals surface area contributed by atoms with E-state index in [1.165, 1.54) is 18.0 Å². The molecule has 1 atom stereocenters. The van der Waals surface area contributed by atoms with Gasteiger partial charge in [0.05, 0.1) is 25.5 Å². The maximum absolute atomic E-state index is 10.5. The number of nitrogens with zero attached hydrogens (tertiary/aromatic N) is 3. The number of rotatable bonds is 8. The number of carbonyl (C=O) groups is 1. The number of hydrogen-bond acceptors (Lipinski definition) is 6. The van der Waals surface area contributed by atoms with E-state index in [2.05, 4.69) is 15.6 Å². The fourth-order valence-electron chi connectivity index (χ4n) is 1.22. The summed E-state index contributed by atoms with van der Waals surface area (Å²) < 4.78 is 6.20. The van der Waals surface area contributed by atoms with Gasteiger partial charge in [-0.05, 0) is 0 Å². The molecule has 1 unspecified atom stereocenters. The van der Waals surface area contributed by atoms with Gasteiger partial charge in [-0.2, -0.15) is 0 Å². The highest BCUT2D eigenvalue weighted by Crippen LogP contribution is 1.91. The summed E-state index contributed by atoms with van der Waals surface area (Å²) in [5.41, 5.74) is -0.0792. The lowest BCUT2D eigenvalue weighted by Crippen LogP contribution is -2.32. The fourth-order valence-corrected chi connectivity index (χ4v) is 1.22. The van der Waals surface area contributed by atoms with Gasteiger partial charge in [-0.25, -0.2) is 4.79 Å². The Hall–Kier alpha value is -1.51. The Balaban J connectivity index is 2.19. The van der Waals surface area contributed by atoms with E-state index in [0.29, 0.717) is 19.6 Å². The molecule has 0 spiro atoms. The molecule has 96 valence electrons. The number of aliphatic hydroxyl groups excluding tert-OH is 1. The van der Waals surface area contributed by atoms with Crippen LogP contribution in [-0.2, 0) is 11.3 Å². The van der Waals surface area contributed by atoms with Gasteiger partial charge in [-0.1, -0.05) is 5.21 Å². The minimum absolute atomic E-state index is 0.0792. The molecule has 0 aliphatic carbocycles. The van der Waals surface area contributed by atoms with E-state index < -0.39 is 12.1 Å². The average molecular weight is 244 g/mol. The molecule has 0 radical (unpaired) electrons. The molecule has 17 heavy (non-hydrogen) atoms. The normalized spacial score (nSPS) is 12.6. The first kappa shape index (κ1) is 13.6. The van der Waals surface area contributed by atoms with Crippen molar-refractivity contribution in [2.75, 3.05) is 26.8 Å². The summed E-state index contributed by atoms with van der Waals surface area (Å²) >= 11 is 0. The molecule has 0 saturated carbocycles. The van der Waals surface area contributed by atoms with Crippen molar-refractivity contribution in [3.8, 4) is 0 Å². The van der Waals surface area contributed by atoms with E-state index in [0.717, 1.165) is 0 Å². The number of aromatic nitrogens is 3. The van der Waals surface area contributed by atoms with Crippen LogP contribution in [-0.4, -0.2) is 64.1 Å². The molecule has 1 heterocycles. The highest BCUT2D eigenvalue weighted by atomic mass is 16.5. The van der Waals surface area contributed by atoms with Crippen LogP contribution >= 0.6 is 0 Å². The predicted molar refractivity (Wildman–Crippen MR) is 57.7 cm³/mol. The Bertz CT molecular complexity index is 355. The Morgan fingerprint density at radius 3 is 3.06 bits per heavy atom. The van der Waals surface area contributed by atoms with Crippen molar-refractivity contribution < 1.29 is 19.7 Å². The van der Waals surface area contributed by atoms with Gasteiger partial charge in [0.2, 0.25) is 0 Å². The quantitative estimate of drug-likeness (QED) is 0.481. The van der Waals surface area contributed by atoms with Crippen molar-refractivity contribution in [2.24, 2.45) is 0 Å². The van der Waals surface area contributed by atoms with Gasteiger partial charge in [-0.3, -0.25) is 4.68 Å². The van der Waals surface area contributed by atoms with Gasteiger partial charge in [0.1, 0.15) is 0 Å². The summed E-state index contributed by atoms with van der Waals surface area (Å²) in [6.07, 6.45) is 0.806. The summed E-state index contributed by atoms with van der Waals surface area (Å²) in [6.45, 7) is 1.73. The van der Waals surface area contributed by atoms with E-state index in [9.17, 15) is 9.90 Å². The number of ether oxygens (including phenoxy) is 1. The maximum atomic E-state index is 10.5. The largest absolute Gasteiger partial charge is 0.476 e. The van der Waals surface area contributed by atoms with E-state index in [1.807, 2.05) is 0 Å². The Kier molecular flexibility index (Phi) is 5.53. The minimum atomic E-state index is -1.10. The Morgan fingerprint density at radius 2 is 2.47 bits per heavy atom. The second kappa shape index (κ2) is 6.94. The van der Waals surface area contributed by atoms with Crippen molar-refractivity contribution in [3.05, 3.63) is 11.9 Å². The minimum Gasteiger partial charge on any atom is -0.476 e. The first-order valence-electron chi connectivity index (χ1n) is 5.14. The SMILES string of the molecule is COCC(O)CNCCn1cc(C(=O)O)nn1. The highest BCUT2D eigenvalue weighted by molar-refractivity contribution is 5.84. The van der Waals surface area contributed by atoms with Crippen LogP contribution in [0.25, 0.3) is 0 Å². The smallest absolute Gasteiger partial charge is 0.358 e. The molecular weight excluding hydrogens is 228 g/mol. The molecular formula is C9H16N4O4. The summed E-state index contributed by atoms with van der Waals surface area (Å²) in [4.78, 5) is 10.5. The number of carboxylic acid groups (broad SMARTS) is 1. The summed E-state index contributed by atoms with van der Waals surface area (Å²) in [5, 5.41) is 28.1. The van der Waals surface area contributed by atoms with Gasteiger partial charge in [0.25, 0.3) is 0 Å². The fraction of sp³-hybridized carbons (Fsp3) is 0.667. The topological polar surface area (TPSA) is 110 Å². The Morgan fingerprint density at radius 1 is 1.71 bits per heavy atom. The zero-order valence-electron chi connectivity index (χ0n) is 9.54. The zero-order chi connectivity index (χ0) is 12.7. The number of aromatic carboxylic acids is 1. The molecule has 0 aliphatic rings. The van der Waals surface area contributed by atoms with Crippen LogP contribution in [0, 0.1) is 0 Å². The molecule has 0 aliphatic heterocycles. The van der Waals surface area contributed by atoms with E-state index >= 15 is 0 Å². The molecule has 1 aromatic rings. The predicted octanol–water partition coefficient (Wildman–Crippen LogP) is -1.43. The second-order valence-corrected chi connectivity index (χ2v) is 3.49. The maximum Gasteiger partial charge on any atom is 0.358 e. The molecule has 0 aromatic carbocycles. The van der Waals surface area contributed by atoms with Crippen LogP contribution in [0.15, 0.2) is 6.20 Å². The first-order chi connectivity index (χ1) is 8.13. The van der Waals surface area contributed by atoms with E-state index in [4.69, 9.17) is 9.84 Å². The lowest BCUT2D eigenvalue weighted by Gasteiger charge is -2.10. The highest BCUT2D eigenvalue weighted by Gasteiger charge is 2.07. The lowest BCUT2D eigenvalue weighted by atomic mass is 10.4. The molecule has 8 heteroatoms. The molecule has 0 fully saturated rings. The van der Waals surface area contributed by atoms with Gasteiger partial charge in [0, 0.05) is 20.2 Å². The van der Waals surface area contributed by atoms with Gasteiger partial charge >= 0.3 is 5.97 Å². The average Bonchev–Trinajstić information content (AvgIpc) is 2.73. The van der Waals surface area contributed by atoms with Crippen LogP contribution in [0.1, 0.15) is 10.5 Å². The summed E-state index contributed by atoms with van der Waals surface area (Å²) in [6, 6.07) is 0. The van der Waals surface area contributed by atoms with E-state index in [1.54, 1.807) is 0 Å². The molecule has 0 saturated heterocycles. The number of carboxylic acids is 1.